The summed E-state index contributed by atoms with van der Waals surface area (Å²) < 4.78 is 41.7. The van der Waals surface area contributed by atoms with Crippen LogP contribution in [0.2, 0.25) is 0 Å². The fourth-order valence-corrected chi connectivity index (χ4v) is 1.19. The van der Waals surface area contributed by atoms with Crippen LogP contribution in [0.4, 0.5) is 13.2 Å². The minimum Gasteiger partial charge on any atom is -0.494 e. The van der Waals surface area contributed by atoms with Crippen molar-refractivity contribution in [1.82, 2.24) is 5.32 Å². The SMILES string of the molecule is COc1cc(C(=O)NCC(O)C(F)F)ccc1F. The number of nitrogens with one attached hydrogen (secondary N) is 1. The maximum atomic E-state index is 13.1. The molecule has 0 bridgehead atoms. The number of carbonyl (C=O) groups is 1. The van der Waals surface area contributed by atoms with Crippen molar-refractivity contribution in [3.8, 4) is 5.75 Å². The molecule has 0 aromatic heterocycles. The van der Waals surface area contributed by atoms with Gasteiger partial charge in [-0.25, -0.2) is 13.2 Å². The van der Waals surface area contributed by atoms with Crippen LogP contribution in [0.1, 0.15) is 10.4 Å². The summed E-state index contributed by atoms with van der Waals surface area (Å²) in [6.45, 7) is -0.587. The van der Waals surface area contributed by atoms with Gasteiger partial charge < -0.3 is 15.2 Å². The van der Waals surface area contributed by atoms with Crippen LogP contribution in [-0.2, 0) is 0 Å². The largest absolute Gasteiger partial charge is 0.494 e. The molecule has 4 nitrogen and oxygen atoms in total. The summed E-state index contributed by atoms with van der Waals surface area (Å²) in [6.07, 6.45) is -4.87. The van der Waals surface area contributed by atoms with Gasteiger partial charge in [0.15, 0.2) is 11.6 Å². The average Bonchev–Trinajstić information content (AvgIpc) is 2.35. The van der Waals surface area contributed by atoms with E-state index in [-0.39, 0.29) is 11.3 Å². The Morgan fingerprint density at radius 2 is 2.17 bits per heavy atom. The van der Waals surface area contributed by atoms with Gasteiger partial charge in [-0.05, 0) is 18.2 Å². The molecule has 0 fully saturated rings. The van der Waals surface area contributed by atoms with Gasteiger partial charge in [-0.15, -0.1) is 0 Å². The van der Waals surface area contributed by atoms with E-state index in [4.69, 9.17) is 5.11 Å². The van der Waals surface area contributed by atoms with Crippen LogP contribution >= 0.6 is 0 Å². The van der Waals surface area contributed by atoms with Crippen LogP contribution in [0.15, 0.2) is 18.2 Å². The Balaban J connectivity index is 2.67. The first-order chi connectivity index (χ1) is 8.45. The van der Waals surface area contributed by atoms with Crippen molar-refractivity contribution >= 4 is 5.91 Å². The number of alkyl halides is 2. The summed E-state index contributed by atoms with van der Waals surface area (Å²) in [5, 5.41) is 10.9. The van der Waals surface area contributed by atoms with Crippen molar-refractivity contribution in [3.63, 3.8) is 0 Å². The highest BCUT2D eigenvalue weighted by atomic mass is 19.3. The van der Waals surface area contributed by atoms with Crippen LogP contribution in [-0.4, -0.2) is 37.2 Å². The van der Waals surface area contributed by atoms with Crippen LogP contribution in [0.25, 0.3) is 0 Å². The number of aliphatic hydroxyl groups excluding tert-OH is 1. The van der Waals surface area contributed by atoms with Gasteiger partial charge in [-0.1, -0.05) is 0 Å². The highest BCUT2D eigenvalue weighted by Crippen LogP contribution is 2.18. The molecular formula is C11H12F3NO3. The third kappa shape index (κ3) is 3.63. The molecule has 0 saturated heterocycles. The summed E-state index contributed by atoms with van der Waals surface area (Å²) in [5.74, 6) is -1.47. The molecular weight excluding hydrogens is 251 g/mol. The maximum Gasteiger partial charge on any atom is 0.265 e. The zero-order valence-corrected chi connectivity index (χ0v) is 9.49. The number of hydrogen-bond donors (Lipinski definition) is 2. The quantitative estimate of drug-likeness (QED) is 0.839. The van der Waals surface area contributed by atoms with Gasteiger partial charge in [-0.2, -0.15) is 0 Å². The molecule has 18 heavy (non-hydrogen) atoms. The Hall–Kier alpha value is -1.76. The van der Waals surface area contributed by atoms with Gasteiger partial charge >= 0.3 is 0 Å². The van der Waals surface area contributed by atoms with Crippen molar-refractivity contribution < 1.29 is 27.8 Å². The standard InChI is InChI=1S/C11H12F3NO3/c1-18-9-4-6(2-3-7(9)12)11(17)15-5-8(16)10(13)14/h2-4,8,10,16H,5H2,1H3,(H,15,17). The van der Waals surface area contributed by atoms with E-state index in [1.165, 1.54) is 13.2 Å². The van der Waals surface area contributed by atoms with Gasteiger partial charge in [0.1, 0.15) is 6.10 Å². The van der Waals surface area contributed by atoms with E-state index in [2.05, 4.69) is 10.1 Å². The third-order valence-corrected chi connectivity index (χ3v) is 2.18. The molecule has 0 aliphatic carbocycles. The summed E-state index contributed by atoms with van der Waals surface area (Å²) in [6, 6.07) is 3.35. The predicted octanol–water partition coefficient (Wildman–Crippen LogP) is 1.19. The van der Waals surface area contributed by atoms with Crippen molar-refractivity contribution in [2.75, 3.05) is 13.7 Å². The Morgan fingerprint density at radius 3 is 2.72 bits per heavy atom. The lowest BCUT2D eigenvalue weighted by Gasteiger charge is -2.11. The second-order valence-electron chi connectivity index (χ2n) is 3.46. The summed E-state index contributed by atoms with van der Waals surface area (Å²) in [7, 11) is 1.24. The van der Waals surface area contributed by atoms with E-state index in [0.29, 0.717) is 0 Å². The molecule has 1 aromatic rings. The maximum absolute atomic E-state index is 13.1. The van der Waals surface area contributed by atoms with Gasteiger partial charge in [0.2, 0.25) is 0 Å². The fourth-order valence-electron chi connectivity index (χ4n) is 1.19. The van der Waals surface area contributed by atoms with Crippen LogP contribution in [0.5, 0.6) is 5.75 Å². The minimum absolute atomic E-state index is 0.0507. The number of amides is 1. The van der Waals surface area contributed by atoms with Crippen molar-refractivity contribution in [2.24, 2.45) is 0 Å². The number of rotatable bonds is 5. The highest BCUT2D eigenvalue weighted by Gasteiger charge is 2.18. The van der Waals surface area contributed by atoms with Crippen LogP contribution in [0.3, 0.4) is 0 Å². The lowest BCUT2D eigenvalue weighted by molar-refractivity contribution is -0.00270. The van der Waals surface area contributed by atoms with Crippen LogP contribution < -0.4 is 10.1 Å². The molecule has 0 aliphatic rings. The van der Waals surface area contributed by atoms with Crippen molar-refractivity contribution in [2.45, 2.75) is 12.5 Å². The number of aliphatic hydroxyl groups is 1. The van der Waals surface area contributed by atoms with E-state index in [0.717, 1.165) is 12.1 Å². The fraction of sp³-hybridized carbons (Fsp3) is 0.364. The van der Waals surface area contributed by atoms with E-state index in [1.54, 1.807) is 0 Å². The van der Waals surface area contributed by atoms with Crippen LogP contribution in [0, 0.1) is 5.82 Å². The summed E-state index contributed by atoms with van der Waals surface area (Å²) >= 11 is 0. The van der Waals surface area contributed by atoms with E-state index >= 15 is 0 Å². The monoisotopic (exact) mass is 263 g/mol. The Labute approximate surface area is 101 Å². The highest BCUT2D eigenvalue weighted by molar-refractivity contribution is 5.94. The van der Waals surface area contributed by atoms with E-state index in [9.17, 15) is 18.0 Å². The lowest BCUT2D eigenvalue weighted by Crippen LogP contribution is -2.35. The number of halogens is 3. The van der Waals surface area contributed by atoms with Gasteiger partial charge in [-0.3, -0.25) is 4.79 Å². The number of methoxy groups -OCH3 is 1. The third-order valence-electron chi connectivity index (χ3n) is 2.18. The van der Waals surface area contributed by atoms with Crippen molar-refractivity contribution in [3.05, 3.63) is 29.6 Å². The Bertz CT molecular complexity index is 426. The normalized spacial score (nSPS) is 12.3. The smallest absolute Gasteiger partial charge is 0.265 e. The molecule has 1 aromatic carbocycles. The predicted molar refractivity (Wildman–Crippen MR) is 57.3 cm³/mol. The molecule has 0 radical (unpaired) electrons. The zero-order chi connectivity index (χ0) is 13.7. The van der Waals surface area contributed by atoms with Gasteiger partial charge in [0.05, 0.1) is 7.11 Å². The van der Waals surface area contributed by atoms with E-state index < -0.39 is 30.8 Å². The number of benzene rings is 1. The molecule has 0 heterocycles. The van der Waals surface area contributed by atoms with E-state index in [1.807, 2.05) is 0 Å². The topological polar surface area (TPSA) is 58.6 Å². The molecule has 1 atom stereocenters. The molecule has 1 rings (SSSR count). The zero-order valence-electron chi connectivity index (χ0n) is 9.49. The molecule has 0 spiro atoms. The second kappa shape index (κ2) is 6.25. The number of carbonyl (C=O) groups excluding carboxylic acids is 1. The molecule has 0 aliphatic heterocycles. The first-order valence-corrected chi connectivity index (χ1v) is 5.03. The average molecular weight is 263 g/mol. The Kier molecular flexibility index (Phi) is 4.96. The first-order valence-electron chi connectivity index (χ1n) is 5.03. The van der Waals surface area contributed by atoms with Gasteiger partial charge in [0.25, 0.3) is 12.3 Å². The molecule has 1 unspecified atom stereocenters. The second-order valence-corrected chi connectivity index (χ2v) is 3.46. The minimum atomic E-state index is -2.94. The van der Waals surface area contributed by atoms with Gasteiger partial charge in [0, 0.05) is 12.1 Å². The molecule has 0 saturated carbocycles. The Morgan fingerprint density at radius 1 is 1.50 bits per heavy atom. The number of ether oxygens (including phenoxy) is 1. The first kappa shape index (κ1) is 14.3. The molecule has 2 N–H and O–H groups in total. The lowest BCUT2D eigenvalue weighted by atomic mass is 10.2. The van der Waals surface area contributed by atoms with Crippen molar-refractivity contribution in [1.29, 1.82) is 0 Å². The summed E-state index contributed by atoms with van der Waals surface area (Å²) in [5.41, 5.74) is 0.0507. The number of hydrogen-bond acceptors (Lipinski definition) is 3. The molecule has 7 heteroatoms. The molecule has 100 valence electrons. The summed E-state index contributed by atoms with van der Waals surface area (Å²) in [4.78, 5) is 11.5. The molecule has 1 amide bonds.